The molecule has 0 aliphatic carbocycles. The summed E-state index contributed by atoms with van der Waals surface area (Å²) in [6, 6.07) is 14.9. The van der Waals surface area contributed by atoms with Crippen molar-refractivity contribution in [1.29, 1.82) is 0 Å². The van der Waals surface area contributed by atoms with Gasteiger partial charge in [0.1, 0.15) is 0 Å². The van der Waals surface area contributed by atoms with Crippen LogP contribution < -0.4 is 4.87 Å². The van der Waals surface area contributed by atoms with E-state index in [9.17, 15) is 9.59 Å². The van der Waals surface area contributed by atoms with Crippen molar-refractivity contribution < 1.29 is 4.79 Å². The maximum atomic E-state index is 12.7. The van der Waals surface area contributed by atoms with Crippen LogP contribution in [0.4, 0.5) is 0 Å². The molecule has 2 aromatic carbocycles. The fourth-order valence-corrected chi connectivity index (χ4v) is 4.73. The number of aromatic nitrogens is 1. The van der Waals surface area contributed by atoms with Gasteiger partial charge in [0, 0.05) is 24.2 Å². The summed E-state index contributed by atoms with van der Waals surface area (Å²) < 4.78 is 2.75. The first-order valence-corrected chi connectivity index (χ1v) is 10.5. The minimum Gasteiger partial charge on any atom is -0.302 e. The van der Waals surface area contributed by atoms with Crippen molar-refractivity contribution in [3.63, 3.8) is 0 Å². The lowest BCUT2D eigenvalue weighted by molar-refractivity contribution is 0.103. The molecule has 140 valence electrons. The summed E-state index contributed by atoms with van der Waals surface area (Å²) in [5.41, 5.74) is 2.24. The van der Waals surface area contributed by atoms with Crippen molar-refractivity contribution in [1.82, 2.24) is 9.47 Å². The van der Waals surface area contributed by atoms with E-state index in [-0.39, 0.29) is 10.7 Å². The van der Waals surface area contributed by atoms with Crippen LogP contribution in [0.25, 0.3) is 10.2 Å². The van der Waals surface area contributed by atoms with Crippen LogP contribution in [0, 0.1) is 0 Å². The lowest BCUT2D eigenvalue weighted by Gasteiger charge is -2.19. The van der Waals surface area contributed by atoms with E-state index in [1.165, 1.54) is 37.0 Å². The van der Waals surface area contributed by atoms with Crippen LogP contribution in [0.1, 0.15) is 41.6 Å². The summed E-state index contributed by atoms with van der Waals surface area (Å²) in [7, 11) is 0. The van der Waals surface area contributed by atoms with Gasteiger partial charge >= 0.3 is 4.87 Å². The number of carbonyl (C=O) groups excluding carboxylic acids is 1. The largest absolute Gasteiger partial charge is 0.308 e. The van der Waals surface area contributed by atoms with Gasteiger partial charge in [-0.1, -0.05) is 54.5 Å². The zero-order valence-corrected chi connectivity index (χ0v) is 16.2. The number of rotatable bonds is 5. The molecule has 3 aromatic rings. The fraction of sp³-hybridized carbons (Fsp3) is 0.364. The Kier molecular flexibility index (Phi) is 5.50. The second-order valence-electron chi connectivity index (χ2n) is 7.15. The maximum Gasteiger partial charge on any atom is 0.308 e. The summed E-state index contributed by atoms with van der Waals surface area (Å²) in [4.78, 5) is 27.7. The first-order chi connectivity index (χ1) is 13.2. The highest BCUT2D eigenvalue weighted by molar-refractivity contribution is 7.16. The van der Waals surface area contributed by atoms with Crippen LogP contribution in [-0.2, 0) is 6.54 Å². The Labute approximate surface area is 163 Å². The molecule has 0 bridgehead atoms. The summed E-state index contributed by atoms with van der Waals surface area (Å²) in [6.45, 7) is 3.89. The molecule has 1 saturated heterocycles. The van der Waals surface area contributed by atoms with E-state index >= 15 is 0 Å². The third-order valence-corrected chi connectivity index (χ3v) is 6.25. The van der Waals surface area contributed by atoms with Gasteiger partial charge in [0.05, 0.1) is 10.2 Å². The van der Waals surface area contributed by atoms with Gasteiger partial charge in [-0.3, -0.25) is 14.2 Å². The van der Waals surface area contributed by atoms with Gasteiger partial charge in [0.15, 0.2) is 5.78 Å². The standard InChI is InChI=1S/C22H24N2O2S/c25-21(17-8-4-3-5-9-17)18-10-11-19-20(16-18)27-22(26)24(19)15-14-23-12-6-1-2-7-13-23/h3-5,8-11,16H,1-2,6-7,12-15H2. The highest BCUT2D eigenvalue weighted by Crippen LogP contribution is 2.21. The molecule has 0 amide bonds. The predicted molar refractivity (Wildman–Crippen MR) is 111 cm³/mol. The van der Waals surface area contributed by atoms with Crippen LogP contribution in [0.15, 0.2) is 53.3 Å². The number of thiazole rings is 1. The minimum atomic E-state index is -0.00512. The number of benzene rings is 2. The average molecular weight is 381 g/mol. The number of likely N-dealkylation sites (tertiary alicyclic amines) is 1. The molecule has 1 aromatic heterocycles. The van der Waals surface area contributed by atoms with E-state index in [0.29, 0.717) is 17.7 Å². The molecule has 0 N–H and O–H groups in total. The highest BCUT2D eigenvalue weighted by Gasteiger charge is 2.14. The van der Waals surface area contributed by atoms with Crippen LogP contribution in [0.5, 0.6) is 0 Å². The minimum absolute atomic E-state index is 0.00512. The number of ketones is 1. The quantitative estimate of drug-likeness (QED) is 0.624. The van der Waals surface area contributed by atoms with Gasteiger partial charge in [-0.25, -0.2) is 0 Å². The molecule has 0 unspecified atom stereocenters. The molecule has 27 heavy (non-hydrogen) atoms. The second-order valence-corrected chi connectivity index (χ2v) is 8.15. The van der Waals surface area contributed by atoms with E-state index < -0.39 is 0 Å². The normalized spacial score (nSPS) is 15.7. The molecule has 1 fully saturated rings. The van der Waals surface area contributed by atoms with Crippen LogP contribution in [0.3, 0.4) is 0 Å². The Morgan fingerprint density at radius 3 is 2.37 bits per heavy atom. The van der Waals surface area contributed by atoms with Crippen molar-refractivity contribution in [3.05, 3.63) is 69.3 Å². The highest BCUT2D eigenvalue weighted by atomic mass is 32.1. The number of nitrogens with zero attached hydrogens (tertiary/aromatic N) is 2. The van der Waals surface area contributed by atoms with Crippen molar-refractivity contribution >= 4 is 27.3 Å². The van der Waals surface area contributed by atoms with Crippen molar-refractivity contribution in [2.75, 3.05) is 19.6 Å². The molecule has 0 atom stereocenters. The molecule has 2 heterocycles. The first-order valence-electron chi connectivity index (χ1n) is 9.68. The summed E-state index contributed by atoms with van der Waals surface area (Å²) in [6.07, 6.45) is 5.14. The van der Waals surface area contributed by atoms with Crippen molar-refractivity contribution in [2.24, 2.45) is 0 Å². The first kappa shape index (κ1) is 18.1. The third kappa shape index (κ3) is 4.04. The van der Waals surface area contributed by atoms with Gasteiger partial charge in [-0.2, -0.15) is 0 Å². The van der Waals surface area contributed by atoms with E-state index in [4.69, 9.17) is 0 Å². The fourth-order valence-electron chi connectivity index (χ4n) is 3.78. The summed E-state index contributed by atoms with van der Waals surface area (Å²) >= 11 is 1.23. The van der Waals surface area contributed by atoms with Crippen molar-refractivity contribution in [2.45, 2.75) is 32.2 Å². The topological polar surface area (TPSA) is 42.3 Å². The average Bonchev–Trinajstić information content (AvgIpc) is 2.86. The Morgan fingerprint density at radius 1 is 0.889 bits per heavy atom. The summed E-state index contributed by atoms with van der Waals surface area (Å²) in [5.74, 6) is -0.00512. The monoisotopic (exact) mass is 380 g/mol. The molecular weight excluding hydrogens is 356 g/mol. The van der Waals surface area contributed by atoms with E-state index in [1.807, 2.05) is 53.1 Å². The van der Waals surface area contributed by atoms with Crippen LogP contribution >= 0.6 is 11.3 Å². The molecule has 1 aliphatic rings. The summed E-state index contributed by atoms with van der Waals surface area (Å²) in [5, 5.41) is 0. The third-order valence-electron chi connectivity index (χ3n) is 5.30. The number of hydrogen-bond donors (Lipinski definition) is 0. The SMILES string of the molecule is O=C(c1ccccc1)c1ccc2c(c1)sc(=O)n2CCN1CCCCCC1. The Balaban J connectivity index is 1.55. The van der Waals surface area contributed by atoms with Gasteiger partial charge in [-0.05, 0) is 44.1 Å². The van der Waals surface area contributed by atoms with Crippen LogP contribution in [0.2, 0.25) is 0 Å². The zero-order chi connectivity index (χ0) is 18.6. The van der Waals surface area contributed by atoms with E-state index in [1.54, 1.807) is 0 Å². The van der Waals surface area contributed by atoms with Gasteiger partial charge in [-0.15, -0.1) is 0 Å². The van der Waals surface area contributed by atoms with Gasteiger partial charge < -0.3 is 4.90 Å². The van der Waals surface area contributed by atoms with Gasteiger partial charge in [0.2, 0.25) is 0 Å². The predicted octanol–water partition coefficient (Wildman–Crippen LogP) is 4.17. The molecule has 0 spiro atoms. The molecule has 5 heteroatoms. The molecular formula is C22H24N2O2S. The Bertz CT molecular complexity index is 982. The molecule has 4 rings (SSSR count). The van der Waals surface area contributed by atoms with E-state index in [2.05, 4.69) is 4.90 Å². The smallest absolute Gasteiger partial charge is 0.302 e. The molecule has 1 aliphatic heterocycles. The lowest BCUT2D eigenvalue weighted by Crippen LogP contribution is -2.30. The zero-order valence-electron chi connectivity index (χ0n) is 15.4. The maximum absolute atomic E-state index is 12.7. The Hall–Kier alpha value is -2.24. The lowest BCUT2D eigenvalue weighted by atomic mass is 10.0. The van der Waals surface area contributed by atoms with E-state index in [0.717, 1.165) is 29.9 Å². The molecule has 0 saturated carbocycles. The Morgan fingerprint density at radius 2 is 1.63 bits per heavy atom. The second kappa shape index (κ2) is 8.19. The number of hydrogen-bond acceptors (Lipinski definition) is 4. The number of fused-ring (bicyclic) bond motifs is 1. The number of carbonyl (C=O) groups is 1. The van der Waals surface area contributed by atoms with Gasteiger partial charge in [0.25, 0.3) is 0 Å². The molecule has 0 radical (unpaired) electrons. The van der Waals surface area contributed by atoms with Crippen LogP contribution in [-0.4, -0.2) is 34.9 Å². The molecule has 4 nitrogen and oxygen atoms in total. The van der Waals surface area contributed by atoms with Crippen molar-refractivity contribution in [3.8, 4) is 0 Å².